The number of aromatic nitrogens is 2. The smallest absolute Gasteiger partial charge is 0.414 e. The normalized spacial score (nSPS) is 19.0. The van der Waals surface area contributed by atoms with Crippen molar-refractivity contribution in [1.29, 1.82) is 0 Å². The Morgan fingerprint density at radius 3 is 2.76 bits per heavy atom. The molecule has 3 heterocycles. The SMILES string of the molecule is CN1CCC(OC(=O)Nc2nc3ccc(C4=NNC(O)c5cc(F)c(F)cc54)cc3[nH]2)CC1. The minimum atomic E-state index is -1.25. The minimum Gasteiger partial charge on any atom is -0.446 e. The van der Waals surface area contributed by atoms with Gasteiger partial charge in [0, 0.05) is 29.8 Å². The summed E-state index contributed by atoms with van der Waals surface area (Å²) >= 11 is 0. The molecular weight excluding hydrogens is 434 g/mol. The highest BCUT2D eigenvalue weighted by Gasteiger charge is 2.25. The number of amides is 1. The van der Waals surface area contributed by atoms with Crippen molar-refractivity contribution >= 4 is 28.8 Å². The molecule has 4 N–H and O–H groups in total. The molecule has 0 aliphatic carbocycles. The van der Waals surface area contributed by atoms with Crippen LogP contribution in [0.4, 0.5) is 19.5 Å². The molecule has 0 spiro atoms. The van der Waals surface area contributed by atoms with E-state index in [1.54, 1.807) is 18.2 Å². The quantitative estimate of drug-likeness (QED) is 0.482. The van der Waals surface area contributed by atoms with Gasteiger partial charge in [0.15, 0.2) is 17.9 Å². The lowest BCUT2D eigenvalue weighted by Gasteiger charge is -2.28. The van der Waals surface area contributed by atoms with Gasteiger partial charge in [-0.05, 0) is 44.2 Å². The van der Waals surface area contributed by atoms with Crippen LogP contribution in [0.2, 0.25) is 0 Å². The third-order valence-electron chi connectivity index (χ3n) is 5.86. The topological polar surface area (TPSA) is 115 Å². The van der Waals surface area contributed by atoms with Gasteiger partial charge in [-0.15, -0.1) is 0 Å². The van der Waals surface area contributed by atoms with E-state index in [2.05, 4.69) is 30.7 Å². The van der Waals surface area contributed by atoms with Crippen molar-refractivity contribution in [1.82, 2.24) is 20.3 Å². The summed E-state index contributed by atoms with van der Waals surface area (Å²) in [5, 5.41) is 16.8. The Labute approximate surface area is 187 Å². The van der Waals surface area contributed by atoms with Crippen molar-refractivity contribution in [3.8, 4) is 0 Å². The molecule has 0 saturated carbocycles. The number of aromatic amines is 1. The zero-order chi connectivity index (χ0) is 23.1. The number of halogens is 2. The number of aliphatic hydroxyl groups is 1. The molecule has 1 amide bonds. The first-order valence-corrected chi connectivity index (χ1v) is 10.5. The van der Waals surface area contributed by atoms with Crippen molar-refractivity contribution in [2.75, 3.05) is 25.5 Å². The molecule has 11 heteroatoms. The van der Waals surface area contributed by atoms with Gasteiger partial charge >= 0.3 is 6.09 Å². The average Bonchev–Trinajstić information content (AvgIpc) is 3.18. The second kappa shape index (κ2) is 8.41. The summed E-state index contributed by atoms with van der Waals surface area (Å²) in [6.07, 6.45) is -0.394. The Morgan fingerprint density at radius 2 is 1.97 bits per heavy atom. The molecule has 1 atom stereocenters. The fourth-order valence-electron chi connectivity index (χ4n) is 4.07. The Kier molecular flexibility index (Phi) is 5.43. The number of ether oxygens (including phenoxy) is 1. The number of nitrogens with zero attached hydrogens (tertiary/aromatic N) is 3. The van der Waals surface area contributed by atoms with Crippen molar-refractivity contribution in [3.05, 3.63) is 58.7 Å². The number of benzene rings is 2. The highest BCUT2D eigenvalue weighted by Crippen LogP contribution is 2.28. The zero-order valence-corrected chi connectivity index (χ0v) is 17.7. The Hall–Kier alpha value is -3.57. The first kappa shape index (κ1) is 21.3. The van der Waals surface area contributed by atoms with Gasteiger partial charge in [-0.25, -0.2) is 18.6 Å². The van der Waals surface area contributed by atoms with Gasteiger partial charge in [0.25, 0.3) is 0 Å². The minimum absolute atomic E-state index is 0.130. The first-order valence-electron chi connectivity index (χ1n) is 10.5. The highest BCUT2D eigenvalue weighted by molar-refractivity contribution is 6.15. The molecule has 9 nitrogen and oxygen atoms in total. The number of hydrogen-bond donors (Lipinski definition) is 4. The van der Waals surface area contributed by atoms with E-state index < -0.39 is 24.0 Å². The average molecular weight is 456 g/mol. The van der Waals surface area contributed by atoms with Gasteiger partial charge in [-0.2, -0.15) is 5.10 Å². The number of anilines is 1. The molecule has 5 rings (SSSR count). The van der Waals surface area contributed by atoms with Crippen molar-refractivity contribution in [3.63, 3.8) is 0 Å². The maximum Gasteiger partial charge on any atom is 0.414 e. The van der Waals surface area contributed by atoms with Crippen LogP contribution in [-0.4, -0.2) is 58.0 Å². The lowest BCUT2D eigenvalue weighted by molar-refractivity contribution is 0.0661. The van der Waals surface area contributed by atoms with E-state index in [0.29, 0.717) is 22.3 Å². The fraction of sp³-hybridized carbons (Fsp3) is 0.318. The van der Waals surface area contributed by atoms with Gasteiger partial charge in [-0.3, -0.25) is 10.7 Å². The lowest BCUT2D eigenvalue weighted by Crippen LogP contribution is -2.36. The van der Waals surface area contributed by atoms with Crippen LogP contribution in [0.15, 0.2) is 35.4 Å². The highest BCUT2D eigenvalue weighted by atomic mass is 19.2. The predicted octanol–water partition coefficient (Wildman–Crippen LogP) is 2.83. The molecule has 2 aliphatic rings. The number of H-pyrrole nitrogens is 1. The van der Waals surface area contributed by atoms with Crippen molar-refractivity contribution < 1.29 is 23.4 Å². The van der Waals surface area contributed by atoms with Crippen LogP contribution in [0.1, 0.15) is 35.8 Å². The van der Waals surface area contributed by atoms with E-state index in [1.165, 1.54) is 0 Å². The number of piperidine rings is 1. The van der Waals surface area contributed by atoms with E-state index in [-0.39, 0.29) is 23.2 Å². The van der Waals surface area contributed by atoms with E-state index in [0.717, 1.165) is 38.1 Å². The number of fused-ring (bicyclic) bond motifs is 2. The summed E-state index contributed by atoms with van der Waals surface area (Å²) in [5.41, 5.74) is 5.07. The molecule has 1 fully saturated rings. The first-order chi connectivity index (χ1) is 15.9. The van der Waals surface area contributed by atoms with Crippen LogP contribution in [0.5, 0.6) is 0 Å². The van der Waals surface area contributed by atoms with Crippen LogP contribution >= 0.6 is 0 Å². The zero-order valence-electron chi connectivity index (χ0n) is 17.7. The second-order valence-electron chi connectivity index (χ2n) is 8.20. The van der Waals surface area contributed by atoms with E-state index >= 15 is 0 Å². The Morgan fingerprint density at radius 1 is 1.21 bits per heavy atom. The molecular formula is C22H22F2N6O3. The van der Waals surface area contributed by atoms with Crippen molar-refractivity contribution in [2.45, 2.75) is 25.2 Å². The molecule has 1 saturated heterocycles. The molecule has 3 aromatic rings. The van der Waals surface area contributed by atoms with Gasteiger partial charge < -0.3 is 19.7 Å². The number of likely N-dealkylation sites (tertiary alicyclic amines) is 1. The van der Waals surface area contributed by atoms with Gasteiger partial charge in [0.05, 0.1) is 16.7 Å². The molecule has 33 heavy (non-hydrogen) atoms. The van der Waals surface area contributed by atoms with Crippen molar-refractivity contribution in [2.24, 2.45) is 5.10 Å². The third-order valence-corrected chi connectivity index (χ3v) is 5.86. The summed E-state index contributed by atoms with van der Waals surface area (Å²) < 4.78 is 33.0. The predicted molar refractivity (Wildman–Crippen MR) is 117 cm³/mol. The number of rotatable bonds is 3. The van der Waals surface area contributed by atoms with Gasteiger partial charge in [0.1, 0.15) is 6.10 Å². The number of carbonyl (C=O) groups excluding carboxylic acids is 1. The molecule has 1 unspecified atom stereocenters. The van der Waals surface area contributed by atoms with Crippen LogP contribution in [0, 0.1) is 11.6 Å². The standard InChI is InChI=1S/C22H22F2N6O3/c1-30-6-4-12(5-7-30)33-22(32)27-21-25-17-3-2-11(8-18(17)26-21)19-13-9-15(23)16(24)10-14(13)20(31)29-28-19/h2-3,8-10,12,20,29,31H,4-7H2,1H3,(H2,25,26,27,32). The number of hydrazone groups is 1. The van der Waals surface area contributed by atoms with Crippen LogP contribution in [0.3, 0.4) is 0 Å². The Balaban J connectivity index is 1.36. The molecule has 0 radical (unpaired) electrons. The summed E-state index contributed by atoms with van der Waals surface area (Å²) in [6.45, 7) is 1.75. The molecule has 2 aromatic carbocycles. The van der Waals surface area contributed by atoms with Crippen LogP contribution in [-0.2, 0) is 4.74 Å². The summed E-state index contributed by atoms with van der Waals surface area (Å²) in [7, 11) is 2.03. The van der Waals surface area contributed by atoms with Gasteiger partial charge in [-0.1, -0.05) is 6.07 Å². The largest absolute Gasteiger partial charge is 0.446 e. The lowest BCUT2D eigenvalue weighted by atomic mass is 9.95. The van der Waals surface area contributed by atoms with E-state index in [1.807, 2.05) is 7.05 Å². The molecule has 0 bridgehead atoms. The van der Waals surface area contributed by atoms with E-state index in [4.69, 9.17) is 4.74 Å². The van der Waals surface area contributed by atoms with Gasteiger partial charge in [0.2, 0.25) is 5.95 Å². The maximum atomic E-state index is 13.9. The number of carbonyl (C=O) groups is 1. The third kappa shape index (κ3) is 4.24. The summed E-state index contributed by atoms with van der Waals surface area (Å²) in [5.74, 6) is -1.86. The molecule has 2 aliphatic heterocycles. The maximum absolute atomic E-state index is 13.9. The monoisotopic (exact) mass is 456 g/mol. The van der Waals surface area contributed by atoms with Crippen LogP contribution in [0.25, 0.3) is 11.0 Å². The number of imidazole rings is 1. The Bertz CT molecular complexity index is 1250. The number of hydrogen-bond acceptors (Lipinski definition) is 7. The summed E-state index contributed by atoms with van der Waals surface area (Å²) in [4.78, 5) is 21.8. The fourth-order valence-corrected chi connectivity index (χ4v) is 4.07. The van der Waals surface area contributed by atoms with E-state index in [9.17, 15) is 18.7 Å². The molecule has 172 valence electrons. The molecule has 1 aromatic heterocycles. The summed E-state index contributed by atoms with van der Waals surface area (Å²) in [6, 6.07) is 7.11. The number of nitrogens with one attached hydrogen (secondary N) is 3. The number of aliphatic hydroxyl groups excluding tert-OH is 1. The second-order valence-corrected chi connectivity index (χ2v) is 8.20. The van der Waals surface area contributed by atoms with Crippen LogP contribution < -0.4 is 10.7 Å².